The third-order valence-corrected chi connectivity index (χ3v) is 4.76. The normalized spacial score (nSPS) is 10.8. The summed E-state index contributed by atoms with van der Waals surface area (Å²) in [6.45, 7) is 9.88. The number of rotatable bonds is 6. The molecule has 0 heterocycles. The summed E-state index contributed by atoms with van der Waals surface area (Å²) < 4.78 is 16.1. The molecule has 2 aromatic carbocycles. The smallest absolute Gasteiger partial charge is 0.134 e. The van der Waals surface area contributed by atoms with Gasteiger partial charge >= 0.3 is 0 Å². The standard InChI is InChI=1S/C18H22O5S/c1-10-7-13(4)18(24-23-22-19)14(5)17(10)21-15-8-11(2)16(20-6)12(3)9-15/h7-9,19H,1-6H3. The summed E-state index contributed by atoms with van der Waals surface area (Å²) in [5, 5.41) is 12.1. The highest BCUT2D eigenvalue weighted by atomic mass is 32.2. The van der Waals surface area contributed by atoms with E-state index in [4.69, 9.17) is 14.7 Å². The summed E-state index contributed by atoms with van der Waals surface area (Å²) in [7, 11) is 1.66. The lowest BCUT2D eigenvalue weighted by Crippen LogP contribution is -1.98. The van der Waals surface area contributed by atoms with Gasteiger partial charge in [-0.25, -0.2) is 5.26 Å². The first-order chi connectivity index (χ1) is 11.4. The lowest BCUT2D eigenvalue weighted by atomic mass is 10.1. The average Bonchev–Trinajstić information content (AvgIpc) is 2.51. The van der Waals surface area contributed by atoms with Crippen LogP contribution < -0.4 is 9.47 Å². The van der Waals surface area contributed by atoms with Gasteiger partial charge in [0.05, 0.1) is 19.2 Å². The molecule has 1 N–H and O–H groups in total. The van der Waals surface area contributed by atoms with E-state index in [-0.39, 0.29) is 0 Å². The number of ether oxygens (including phenoxy) is 2. The van der Waals surface area contributed by atoms with E-state index in [2.05, 4.69) is 9.37 Å². The lowest BCUT2D eigenvalue weighted by Gasteiger charge is -2.18. The second kappa shape index (κ2) is 7.90. The molecule has 0 unspecified atom stereocenters. The van der Waals surface area contributed by atoms with Crippen LogP contribution in [0.4, 0.5) is 0 Å². The molecular weight excluding hydrogens is 328 g/mol. The van der Waals surface area contributed by atoms with Crippen LogP contribution in [0.5, 0.6) is 17.2 Å². The molecule has 2 rings (SSSR count). The summed E-state index contributed by atoms with van der Waals surface area (Å²) >= 11 is 0.947. The van der Waals surface area contributed by atoms with Crippen molar-refractivity contribution in [3.05, 3.63) is 46.0 Å². The van der Waals surface area contributed by atoms with Crippen molar-refractivity contribution in [1.29, 1.82) is 0 Å². The fourth-order valence-electron chi connectivity index (χ4n) is 2.89. The van der Waals surface area contributed by atoms with Gasteiger partial charge in [-0.3, -0.25) is 0 Å². The second-order valence-corrected chi connectivity index (χ2v) is 6.42. The Morgan fingerprint density at radius 1 is 0.833 bits per heavy atom. The van der Waals surface area contributed by atoms with Crippen LogP contribution in [0.3, 0.4) is 0 Å². The van der Waals surface area contributed by atoms with E-state index in [1.165, 1.54) is 0 Å². The number of aryl methyl sites for hydroxylation is 4. The van der Waals surface area contributed by atoms with Crippen LogP contribution in [0.15, 0.2) is 23.1 Å². The Balaban J connectivity index is 2.43. The van der Waals surface area contributed by atoms with Gasteiger partial charge in [0, 0.05) is 10.5 Å². The van der Waals surface area contributed by atoms with Crippen LogP contribution >= 0.6 is 12.0 Å². The summed E-state index contributed by atoms with van der Waals surface area (Å²) in [6, 6.07) is 5.91. The molecule has 0 atom stereocenters. The van der Waals surface area contributed by atoms with E-state index in [0.29, 0.717) is 0 Å². The van der Waals surface area contributed by atoms with Crippen molar-refractivity contribution in [2.45, 2.75) is 39.5 Å². The van der Waals surface area contributed by atoms with E-state index in [1.54, 1.807) is 7.11 Å². The van der Waals surface area contributed by atoms with Gasteiger partial charge in [-0.2, -0.15) is 0 Å². The van der Waals surface area contributed by atoms with Crippen molar-refractivity contribution in [1.82, 2.24) is 0 Å². The van der Waals surface area contributed by atoms with Crippen LogP contribution in [0.2, 0.25) is 0 Å². The summed E-state index contributed by atoms with van der Waals surface area (Å²) in [5.41, 5.74) is 4.98. The third kappa shape index (κ3) is 3.84. The molecule has 0 fully saturated rings. The third-order valence-electron chi connectivity index (χ3n) is 3.84. The summed E-state index contributed by atoms with van der Waals surface area (Å²) in [6.07, 6.45) is 0. The Labute approximate surface area is 146 Å². The van der Waals surface area contributed by atoms with E-state index >= 15 is 0 Å². The molecule has 0 aliphatic heterocycles. The van der Waals surface area contributed by atoms with Crippen molar-refractivity contribution < 1.29 is 24.1 Å². The first kappa shape index (κ1) is 18.6. The van der Waals surface area contributed by atoms with Crippen molar-refractivity contribution in [3.63, 3.8) is 0 Å². The zero-order valence-electron chi connectivity index (χ0n) is 14.7. The highest BCUT2D eigenvalue weighted by molar-refractivity contribution is 7.94. The lowest BCUT2D eigenvalue weighted by molar-refractivity contribution is -0.432. The average molecular weight is 350 g/mol. The van der Waals surface area contributed by atoms with Gasteiger partial charge in [0.25, 0.3) is 0 Å². The largest absolute Gasteiger partial charge is 0.496 e. The summed E-state index contributed by atoms with van der Waals surface area (Å²) in [4.78, 5) is 0.839. The molecule has 0 saturated heterocycles. The Hall–Kier alpha value is -1.73. The molecule has 130 valence electrons. The fourth-order valence-corrected chi connectivity index (χ4v) is 3.40. The van der Waals surface area contributed by atoms with E-state index < -0.39 is 0 Å². The van der Waals surface area contributed by atoms with Crippen LogP contribution in [0.1, 0.15) is 27.8 Å². The van der Waals surface area contributed by atoms with Gasteiger partial charge in [-0.1, -0.05) is 11.1 Å². The molecular formula is C18H22O5S. The highest BCUT2D eigenvalue weighted by Gasteiger charge is 2.16. The molecule has 6 heteroatoms. The summed E-state index contributed by atoms with van der Waals surface area (Å²) in [5.74, 6) is 2.37. The Bertz CT molecular complexity index is 720. The van der Waals surface area contributed by atoms with Gasteiger partial charge < -0.3 is 9.47 Å². The minimum atomic E-state index is 0.746. The highest BCUT2D eigenvalue weighted by Crippen LogP contribution is 2.39. The van der Waals surface area contributed by atoms with Gasteiger partial charge in [-0.05, 0) is 69.0 Å². The van der Waals surface area contributed by atoms with E-state index in [0.717, 1.165) is 62.0 Å². The zero-order chi connectivity index (χ0) is 17.9. The number of hydrogen-bond acceptors (Lipinski definition) is 6. The van der Waals surface area contributed by atoms with Crippen molar-refractivity contribution in [3.8, 4) is 17.2 Å². The monoisotopic (exact) mass is 350 g/mol. The van der Waals surface area contributed by atoms with Crippen LogP contribution in [-0.4, -0.2) is 12.4 Å². The maximum Gasteiger partial charge on any atom is 0.134 e. The number of benzene rings is 2. The molecule has 0 saturated carbocycles. The molecule has 0 aromatic heterocycles. The number of methoxy groups -OCH3 is 1. The molecule has 0 aliphatic carbocycles. The molecule has 0 amide bonds. The minimum absolute atomic E-state index is 0.746. The van der Waals surface area contributed by atoms with Gasteiger partial charge in [0.15, 0.2) is 0 Å². The second-order valence-electron chi connectivity index (χ2n) is 5.71. The molecule has 0 spiro atoms. The molecule has 2 aromatic rings. The van der Waals surface area contributed by atoms with Gasteiger partial charge in [-0.15, -0.1) is 4.33 Å². The molecule has 5 nitrogen and oxygen atoms in total. The Morgan fingerprint density at radius 2 is 1.42 bits per heavy atom. The first-order valence-electron chi connectivity index (χ1n) is 7.47. The molecule has 0 aliphatic rings. The maximum atomic E-state index is 8.39. The zero-order valence-corrected chi connectivity index (χ0v) is 15.5. The molecule has 24 heavy (non-hydrogen) atoms. The quantitative estimate of drug-likeness (QED) is 0.424. The molecule has 0 radical (unpaired) electrons. The Morgan fingerprint density at radius 3 is 1.96 bits per heavy atom. The predicted molar refractivity (Wildman–Crippen MR) is 93.9 cm³/mol. The van der Waals surface area contributed by atoms with Crippen molar-refractivity contribution >= 4 is 12.0 Å². The minimum Gasteiger partial charge on any atom is -0.496 e. The Kier molecular flexibility index (Phi) is 6.12. The predicted octanol–water partition coefficient (Wildman–Crippen LogP) is 5.46. The van der Waals surface area contributed by atoms with Crippen LogP contribution in [-0.2, 0) is 9.37 Å². The molecule has 0 bridgehead atoms. The van der Waals surface area contributed by atoms with E-state index in [9.17, 15) is 0 Å². The fraction of sp³-hybridized carbons (Fsp3) is 0.333. The van der Waals surface area contributed by atoms with Crippen LogP contribution in [0, 0.1) is 34.6 Å². The van der Waals surface area contributed by atoms with Crippen LogP contribution in [0.25, 0.3) is 0 Å². The SMILES string of the molecule is COc1c(C)cc(Oc2c(C)cc(C)c(SOOO)c2C)cc1C. The van der Waals surface area contributed by atoms with Crippen molar-refractivity contribution in [2.75, 3.05) is 7.11 Å². The number of hydrogen-bond donors (Lipinski definition) is 1. The topological polar surface area (TPSA) is 57.2 Å². The maximum absolute atomic E-state index is 8.39. The van der Waals surface area contributed by atoms with Crippen molar-refractivity contribution in [2.24, 2.45) is 0 Å². The van der Waals surface area contributed by atoms with Gasteiger partial charge in [0.2, 0.25) is 0 Å². The van der Waals surface area contributed by atoms with Gasteiger partial charge in [0.1, 0.15) is 17.2 Å². The van der Waals surface area contributed by atoms with E-state index in [1.807, 2.05) is 52.8 Å². The first-order valence-corrected chi connectivity index (χ1v) is 8.21.